The quantitative estimate of drug-likeness (QED) is 0.741. The minimum absolute atomic E-state index is 0. The maximum absolute atomic E-state index is 12.4. The predicted octanol–water partition coefficient (Wildman–Crippen LogP) is 3.85. The summed E-state index contributed by atoms with van der Waals surface area (Å²) in [6, 6.07) is 10.6. The molecule has 0 unspecified atom stereocenters. The number of aromatic nitrogens is 2. The molecule has 0 amide bonds. The molecule has 0 atom stereocenters. The zero-order chi connectivity index (χ0) is 15.7. The second kappa shape index (κ2) is 6.62. The van der Waals surface area contributed by atoms with Gasteiger partial charge in [0.1, 0.15) is 17.0 Å². The Balaban J connectivity index is 0.00000192. The number of nitrogens with one attached hydrogen (secondary N) is 1. The van der Waals surface area contributed by atoms with Crippen molar-refractivity contribution in [2.75, 3.05) is 5.32 Å². The molecule has 5 nitrogen and oxygen atoms in total. The highest BCUT2D eigenvalue weighted by Gasteiger charge is 2.13. The second-order valence-electron chi connectivity index (χ2n) is 4.82. The van der Waals surface area contributed by atoms with E-state index in [1.165, 1.54) is 4.40 Å². The molecule has 0 aliphatic rings. The van der Waals surface area contributed by atoms with E-state index in [-0.39, 0.29) is 18.8 Å². The summed E-state index contributed by atoms with van der Waals surface area (Å²) in [6.07, 6.45) is 2.10. The lowest BCUT2D eigenvalue weighted by atomic mass is 10.2. The normalized spacial score (nSPS) is 10.2. The number of hydrogen-bond acceptors (Lipinski definition) is 4. The van der Waals surface area contributed by atoms with Gasteiger partial charge in [-0.3, -0.25) is 14.0 Å². The molecule has 0 spiro atoms. The third-order valence-electron chi connectivity index (χ3n) is 3.29. The smallest absolute Gasteiger partial charge is 0.270 e. The fraction of sp³-hybridized carbons (Fsp3) is 0.118. The summed E-state index contributed by atoms with van der Waals surface area (Å²) in [5.41, 5.74) is 1.56. The summed E-state index contributed by atoms with van der Waals surface area (Å²) in [6.45, 7) is 1.85. The number of rotatable bonds is 3. The van der Waals surface area contributed by atoms with Crippen LogP contribution in [0.15, 0.2) is 47.4 Å². The lowest BCUT2D eigenvalue weighted by Crippen LogP contribution is -2.22. The lowest BCUT2D eigenvalue weighted by molar-refractivity contribution is 0.112. The number of carbonyl (C=O) groups excluding carboxylic acids is 1. The van der Waals surface area contributed by atoms with E-state index in [1.807, 2.05) is 13.0 Å². The minimum Gasteiger partial charge on any atom is -0.339 e. The molecule has 3 rings (SSSR count). The molecule has 118 valence electrons. The van der Waals surface area contributed by atoms with E-state index in [0.29, 0.717) is 22.6 Å². The van der Waals surface area contributed by atoms with Gasteiger partial charge in [0, 0.05) is 16.9 Å². The van der Waals surface area contributed by atoms with E-state index in [2.05, 4.69) is 10.3 Å². The van der Waals surface area contributed by atoms with Gasteiger partial charge in [-0.05, 0) is 36.8 Å². The van der Waals surface area contributed by atoms with Gasteiger partial charge >= 0.3 is 0 Å². The van der Waals surface area contributed by atoms with Crippen molar-refractivity contribution >= 4 is 35.0 Å². The Morgan fingerprint density at radius 3 is 2.74 bits per heavy atom. The highest BCUT2D eigenvalue weighted by atomic mass is 35.5. The number of pyridine rings is 1. The molecule has 1 N–H and O–H groups in total. The highest BCUT2D eigenvalue weighted by Crippen LogP contribution is 2.20. The molecule has 0 radical (unpaired) electrons. The third-order valence-corrected chi connectivity index (χ3v) is 3.52. The summed E-state index contributed by atoms with van der Waals surface area (Å²) in [7, 11) is 0. The molecule has 3 aromatic rings. The predicted molar refractivity (Wildman–Crippen MR) is 93.1 cm³/mol. The first-order valence-electron chi connectivity index (χ1n) is 6.60. The van der Waals surface area contributed by atoms with Crippen molar-refractivity contribution in [2.45, 2.75) is 14.4 Å². The topological polar surface area (TPSA) is 63.5 Å². The average molecular weight is 330 g/mol. The van der Waals surface area contributed by atoms with Crippen LogP contribution in [-0.2, 0) is 0 Å². The molecule has 2 aromatic heterocycles. The molecule has 1 aromatic carbocycles. The largest absolute Gasteiger partial charge is 0.339 e. The molecule has 0 bridgehead atoms. The zero-order valence-corrected chi connectivity index (χ0v) is 12.5. The third kappa shape index (κ3) is 3.10. The highest BCUT2D eigenvalue weighted by molar-refractivity contribution is 6.30. The van der Waals surface area contributed by atoms with Crippen LogP contribution in [0.1, 0.15) is 23.3 Å². The Bertz CT molecular complexity index is 935. The van der Waals surface area contributed by atoms with Gasteiger partial charge in [0.2, 0.25) is 0 Å². The van der Waals surface area contributed by atoms with Crippen LogP contribution in [0.4, 0.5) is 11.5 Å². The Hall–Kier alpha value is -2.66. The fourth-order valence-electron chi connectivity index (χ4n) is 2.22. The number of anilines is 2. The van der Waals surface area contributed by atoms with E-state index in [4.69, 9.17) is 11.6 Å². The molecule has 0 aliphatic heterocycles. The Morgan fingerprint density at radius 1 is 1.26 bits per heavy atom. The number of benzene rings is 1. The van der Waals surface area contributed by atoms with Crippen LogP contribution in [-0.4, -0.2) is 15.7 Å². The first kappa shape index (κ1) is 16.7. The maximum atomic E-state index is 12.4. The number of aryl methyl sites for hydroxylation is 1. The van der Waals surface area contributed by atoms with Crippen molar-refractivity contribution < 1.29 is 4.79 Å². The van der Waals surface area contributed by atoms with Gasteiger partial charge in [0.25, 0.3) is 5.56 Å². The summed E-state index contributed by atoms with van der Waals surface area (Å²) in [5.74, 6) is 0.219. The number of halogens is 1. The van der Waals surface area contributed by atoms with Crippen LogP contribution in [0.3, 0.4) is 0 Å². The molecule has 6 heteroatoms. The van der Waals surface area contributed by atoms with Crippen LogP contribution in [0.25, 0.3) is 5.65 Å². The van der Waals surface area contributed by atoms with E-state index in [9.17, 15) is 9.59 Å². The fourth-order valence-corrected chi connectivity index (χ4v) is 2.41. The summed E-state index contributed by atoms with van der Waals surface area (Å²) in [4.78, 5) is 28.1. The van der Waals surface area contributed by atoms with E-state index >= 15 is 0 Å². The van der Waals surface area contributed by atoms with Gasteiger partial charge < -0.3 is 5.32 Å². The Kier molecular flexibility index (Phi) is 4.81. The maximum Gasteiger partial charge on any atom is 0.270 e. The van der Waals surface area contributed by atoms with Crippen LogP contribution < -0.4 is 10.9 Å². The van der Waals surface area contributed by atoms with Crippen molar-refractivity contribution in [1.82, 2.24) is 9.38 Å². The van der Waals surface area contributed by atoms with Gasteiger partial charge in [0.05, 0.1) is 0 Å². The Morgan fingerprint density at radius 2 is 2.04 bits per heavy atom. The van der Waals surface area contributed by atoms with Crippen molar-refractivity contribution in [3.05, 3.63) is 69.1 Å². The standard InChI is InChI=1S/C16H12ClN3O2.CH4/c1-10-4-3-7-20-15(10)19-14(13(9-21)16(20)22)18-12-6-2-5-11(17)8-12;/h2-9,18H,1H3;1H4. The van der Waals surface area contributed by atoms with Crippen molar-refractivity contribution in [3.63, 3.8) is 0 Å². The van der Waals surface area contributed by atoms with E-state index in [1.54, 1.807) is 36.5 Å². The van der Waals surface area contributed by atoms with Gasteiger partial charge in [0.15, 0.2) is 6.29 Å². The van der Waals surface area contributed by atoms with Gasteiger partial charge in [-0.25, -0.2) is 4.98 Å². The number of hydrogen-bond donors (Lipinski definition) is 1. The molecular formula is C17H16ClN3O2. The molecular weight excluding hydrogens is 314 g/mol. The van der Waals surface area contributed by atoms with Crippen molar-refractivity contribution in [3.8, 4) is 0 Å². The van der Waals surface area contributed by atoms with Gasteiger partial charge in [-0.1, -0.05) is 31.2 Å². The van der Waals surface area contributed by atoms with Crippen LogP contribution in [0.2, 0.25) is 5.02 Å². The Labute approximate surface area is 138 Å². The first-order chi connectivity index (χ1) is 10.6. The van der Waals surface area contributed by atoms with Crippen LogP contribution in [0, 0.1) is 6.92 Å². The minimum atomic E-state index is -0.409. The lowest BCUT2D eigenvalue weighted by Gasteiger charge is -2.11. The molecule has 0 saturated carbocycles. The summed E-state index contributed by atoms with van der Waals surface area (Å²) in [5, 5.41) is 3.53. The molecule has 2 heterocycles. The number of fused-ring (bicyclic) bond motifs is 1. The van der Waals surface area contributed by atoms with Gasteiger partial charge in [-0.15, -0.1) is 0 Å². The number of carbonyl (C=O) groups is 1. The van der Waals surface area contributed by atoms with Crippen molar-refractivity contribution in [2.24, 2.45) is 0 Å². The molecule has 0 fully saturated rings. The number of nitrogens with zero attached hydrogens (tertiary/aromatic N) is 2. The monoisotopic (exact) mass is 329 g/mol. The summed E-state index contributed by atoms with van der Waals surface area (Å²) < 4.78 is 1.36. The van der Waals surface area contributed by atoms with E-state index < -0.39 is 5.56 Å². The average Bonchev–Trinajstić information content (AvgIpc) is 2.49. The van der Waals surface area contributed by atoms with Gasteiger partial charge in [-0.2, -0.15) is 0 Å². The van der Waals surface area contributed by atoms with Crippen LogP contribution >= 0.6 is 11.6 Å². The summed E-state index contributed by atoms with van der Waals surface area (Å²) >= 11 is 5.94. The van der Waals surface area contributed by atoms with Crippen molar-refractivity contribution in [1.29, 1.82) is 0 Å². The van der Waals surface area contributed by atoms with E-state index in [0.717, 1.165) is 5.56 Å². The number of aldehydes is 1. The molecule has 0 saturated heterocycles. The molecule has 23 heavy (non-hydrogen) atoms. The first-order valence-corrected chi connectivity index (χ1v) is 6.97. The second-order valence-corrected chi connectivity index (χ2v) is 5.25. The SMILES string of the molecule is C.Cc1cccn2c(=O)c(C=O)c(Nc3cccc(Cl)c3)nc12. The van der Waals surface area contributed by atoms with Crippen LogP contribution in [0.5, 0.6) is 0 Å². The molecule has 0 aliphatic carbocycles. The zero-order valence-electron chi connectivity index (χ0n) is 11.7.